The number of nitrogens with one attached hydrogen (secondary N) is 2. The van der Waals surface area contributed by atoms with Crippen molar-refractivity contribution in [3.05, 3.63) is 29.8 Å². The molecule has 0 saturated carbocycles. The minimum Gasteiger partial charge on any atom is -0.347 e. The number of aromatic nitrogens is 1. The van der Waals surface area contributed by atoms with Crippen molar-refractivity contribution in [3.63, 3.8) is 0 Å². The summed E-state index contributed by atoms with van der Waals surface area (Å²) in [5, 5.41) is 5.79. The fraction of sp³-hybridized carbons (Fsp3) is 0.333. The Hall–Kier alpha value is -1.20. The van der Waals surface area contributed by atoms with Crippen LogP contribution in [0, 0.1) is 5.95 Å². The number of carbonyl (C=O) groups excluding carboxylic acids is 1. The van der Waals surface area contributed by atoms with Crippen molar-refractivity contribution in [2.75, 3.05) is 13.1 Å². The maximum Gasteiger partial charge on any atom is 0.251 e. The number of nitrogens with zero attached hydrogens (tertiary/aromatic N) is 1. The van der Waals surface area contributed by atoms with E-state index in [1.165, 1.54) is 12.3 Å². The van der Waals surface area contributed by atoms with Crippen LogP contribution in [0.2, 0.25) is 0 Å². The zero-order chi connectivity index (χ0) is 9.97. The maximum atomic E-state index is 12.7. The van der Waals surface area contributed by atoms with E-state index in [4.69, 9.17) is 0 Å². The Morgan fingerprint density at radius 3 is 2.87 bits per heavy atom. The van der Waals surface area contributed by atoms with Crippen molar-refractivity contribution < 1.29 is 9.18 Å². The van der Waals surface area contributed by atoms with Crippen molar-refractivity contribution >= 4 is 18.3 Å². The van der Waals surface area contributed by atoms with Gasteiger partial charge in [0, 0.05) is 30.9 Å². The van der Waals surface area contributed by atoms with Crippen LogP contribution in [0.1, 0.15) is 10.4 Å². The molecule has 0 unspecified atom stereocenters. The molecule has 1 aliphatic heterocycles. The van der Waals surface area contributed by atoms with Crippen molar-refractivity contribution in [1.82, 2.24) is 15.6 Å². The summed E-state index contributed by atoms with van der Waals surface area (Å²) in [6, 6.07) is 2.78. The van der Waals surface area contributed by atoms with Gasteiger partial charge in [-0.1, -0.05) is 0 Å². The molecule has 1 saturated heterocycles. The van der Waals surface area contributed by atoms with Gasteiger partial charge in [0.25, 0.3) is 5.91 Å². The molecular weight excluding hydrogens is 221 g/mol. The Morgan fingerprint density at radius 1 is 1.60 bits per heavy atom. The first-order valence-corrected chi connectivity index (χ1v) is 4.39. The highest BCUT2D eigenvalue weighted by Gasteiger charge is 2.19. The Balaban J connectivity index is 0.00000112. The number of rotatable bonds is 2. The molecule has 1 aromatic rings. The molecule has 0 spiro atoms. The van der Waals surface area contributed by atoms with Crippen LogP contribution in [0.3, 0.4) is 0 Å². The molecule has 0 aromatic carbocycles. The average molecular weight is 232 g/mol. The topological polar surface area (TPSA) is 54.0 Å². The van der Waals surface area contributed by atoms with Gasteiger partial charge in [-0.15, -0.1) is 12.4 Å². The van der Waals surface area contributed by atoms with Crippen molar-refractivity contribution in [3.8, 4) is 0 Å². The Labute approximate surface area is 92.7 Å². The van der Waals surface area contributed by atoms with Gasteiger partial charge in [-0.05, 0) is 6.07 Å². The zero-order valence-corrected chi connectivity index (χ0v) is 8.68. The van der Waals surface area contributed by atoms with E-state index in [1.54, 1.807) is 0 Å². The molecule has 2 N–H and O–H groups in total. The first-order chi connectivity index (χ1) is 6.75. The van der Waals surface area contributed by atoms with Crippen molar-refractivity contribution in [1.29, 1.82) is 0 Å². The molecule has 1 aliphatic rings. The van der Waals surface area contributed by atoms with Crippen LogP contribution in [0.4, 0.5) is 4.39 Å². The van der Waals surface area contributed by atoms with E-state index in [9.17, 15) is 9.18 Å². The third-order valence-electron chi connectivity index (χ3n) is 2.11. The smallest absolute Gasteiger partial charge is 0.251 e. The van der Waals surface area contributed by atoms with E-state index in [1.807, 2.05) is 0 Å². The summed E-state index contributed by atoms with van der Waals surface area (Å²) in [5.41, 5.74) is 0.310. The number of hydrogen-bond donors (Lipinski definition) is 2. The second-order valence-corrected chi connectivity index (χ2v) is 3.20. The summed E-state index contributed by atoms with van der Waals surface area (Å²) in [6.07, 6.45) is 1.28. The molecule has 0 bridgehead atoms. The van der Waals surface area contributed by atoms with Crippen LogP contribution >= 0.6 is 12.4 Å². The molecular formula is C9H11ClFN3O. The minimum atomic E-state index is -0.635. The largest absolute Gasteiger partial charge is 0.347 e. The average Bonchev–Trinajstić information content (AvgIpc) is 2.11. The molecule has 0 radical (unpaired) electrons. The van der Waals surface area contributed by atoms with Crippen LogP contribution in [-0.4, -0.2) is 30.0 Å². The summed E-state index contributed by atoms with van der Waals surface area (Å²) in [7, 11) is 0. The van der Waals surface area contributed by atoms with Gasteiger partial charge < -0.3 is 10.6 Å². The summed E-state index contributed by atoms with van der Waals surface area (Å²) in [5.74, 6) is -0.887. The third kappa shape index (κ3) is 2.87. The number of pyridine rings is 1. The van der Waals surface area contributed by atoms with Gasteiger partial charge in [0.15, 0.2) is 0 Å². The highest BCUT2D eigenvalue weighted by atomic mass is 35.5. The van der Waals surface area contributed by atoms with Crippen LogP contribution in [-0.2, 0) is 0 Å². The van der Waals surface area contributed by atoms with E-state index >= 15 is 0 Å². The number of carbonyl (C=O) groups is 1. The molecule has 0 atom stereocenters. The normalized spacial score (nSPS) is 15.0. The van der Waals surface area contributed by atoms with Gasteiger partial charge in [0.2, 0.25) is 5.95 Å². The van der Waals surface area contributed by atoms with Crippen LogP contribution in [0.25, 0.3) is 0 Å². The monoisotopic (exact) mass is 231 g/mol. The van der Waals surface area contributed by atoms with E-state index in [0.29, 0.717) is 5.56 Å². The van der Waals surface area contributed by atoms with Crippen LogP contribution < -0.4 is 10.6 Å². The second-order valence-electron chi connectivity index (χ2n) is 3.20. The zero-order valence-electron chi connectivity index (χ0n) is 7.87. The van der Waals surface area contributed by atoms with Gasteiger partial charge in [0.05, 0.1) is 6.04 Å². The standard InChI is InChI=1S/C9H10FN3O.ClH/c10-8-3-6(1-2-12-8)9(14)13-7-4-11-5-7;/h1-3,7,11H,4-5H2,(H,13,14);1H. The molecule has 1 aromatic heterocycles. The van der Waals surface area contributed by atoms with Gasteiger partial charge >= 0.3 is 0 Å². The predicted molar refractivity (Wildman–Crippen MR) is 55.6 cm³/mol. The predicted octanol–water partition coefficient (Wildman–Crippen LogP) is 0.344. The molecule has 15 heavy (non-hydrogen) atoms. The van der Waals surface area contributed by atoms with Crippen LogP contribution in [0.15, 0.2) is 18.3 Å². The lowest BCUT2D eigenvalue weighted by Gasteiger charge is -2.27. The molecule has 2 heterocycles. The molecule has 6 heteroatoms. The lowest BCUT2D eigenvalue weighted by molar-refractivity contribution is 0.0923. The lowest BCUT2D eigenvalue weighted by Crippen LogP contribution is -2.56. The summed E-state index contributed by atoms with van der Waals surface area (Å²) in [6.45, 7) is 1.55. The summed E-state index contributed by atoms with van der Waals surface area (Å²) in [4.78, 5) is 14.8. The quantitative estimate of drug-likeness (QED) is 0.722. The van der Waals surface area contributed by atoms with Gasteiger partial charge in [0.1, 0.15) is 0 Å². The Bertz CT molecular complexity index is 357. The summed E-state index contributed by atoms with van der Waals surface area (Å²) >= 11 is 0. The lowest BCUT2D eigenvalue weighted by atomic mass is 10.1. The minimum absolute atomic E-state index is 0. The Morgan fingerprint density at radius 2 is 2.33 bits per heavy atom. The number of hydrogen-bond acceptors (Lipinski definition) is 3. The number of amides is 1. The maximum absolute atomic E-state index is 12.7. The highest BCUT2D eigenvalue weighted by Crippen LogP contribution is 2.01. The van der Waals surface area contributed by atoms with Gasteiger partial charge in [-0.2, -0.15) is 4.39 Å². The van der Waals surface area contributed by atoms with E-state index in [2.05, 4.69) is 15.6 Å². The number of halogens is 2. The molecule has 82 valence electrons. The second kappa shape index (κ2) is 5.04. The summed E-state index contributed by atoms with van der Waals surface area (Å²) < 4.78 is 12.7. The molecule has 2 rings (SSSR count). The third-order valence-corrected chi connectivity index (χ3v) is 2.11. The van der Waals surface area contributed by atoms with Gasteiger partial charge in [-0.3, -0.25) is 4.79 Å². The fourth-order valence-corrected chi connectivity index (χ4v) is 1.20. The van der Waals surface area contributed by atoms with Crippen molar-refractivity contribution in [2.24, 2.45) is 0 Å². The fourth-order valence-electron chi connectivity index (χ4n) is 1.20. The van der Waals surface area contributed by atoms with E-state index < -0.39 is 5.95 Å². The highest BCUT2D eigenvalue weighted by molar-refractivity contribution is 5.94. The molecule has 0 aliphatic carbocycles. The van der Waals surface area contributed by atoms with Crippen LogP contribution in [0.5, 0.6) is 0 Å². The molecule has 1 amide bonds. The van der Waals surface area contributed by atoms with Crippen molar-refractivity contribution in [2.45, 2.75) is 6.04 Å². The van der Waals surface area contributed by atoms with E-state index in [-0.39, 0.29) is 24.4 Å². The van der Waals surface area contributed by atoms with E-state index in [0.717, 1.165) is 19.2 Å². The Kier molecular flexibility index (Phi) is 3.99. The van der Waals surface area contributed by atoms with Gasteiger partial charge in [-0.25, -0.2) is 4.98 Å². The first kappa shape index (κ1) is 11.9. The SMILES string of the molecule is Cl.O=C(NC1CNC1)c1ccnc(F)c1. The molecule has 4 nitrogen and oxygen atoms in total. The molecule has 1 fully saturated rings. The first-order valence-electron chi connectivity index (χ1n) is 4.39.